The van der Waals surface area contributed by atoms with Crippen LogP contribution in [0, 0.1) is 0 Å². The van der Waals surface area contributed by atoms with Gasteiger partial charge < -0.3 is 19.6 Å². The molecule has 0 aromatic carbocycles. The molecule has 84 valence electrons. The largest absolute Gasteiger partial charge is 0.465 e. The molecular weight excluding hydrogens is 196 g/mol. The Bertz CT molecular complexity index is 272. The molecule has 15 heavy (non-hydrogen) atoms. The van der Waals surface area contributed by atoms with Gasteiger partial charge in [0.1, 0.15) is 0 Å². The van der Waals surface area contributed by atoms with Crippen molar-refractivity contribution in [1.82, 2.24) is 9.80 Å². The summed E-state index contributed by atoms with van der Waals surface area (Å²) in [4.78, 5) is 14.4. The zero-order valence-electron chi connectivity index (χ0n) is 8.69. The summed E-state index contributed by atoms with van der Waals surface area (Å²) in [5.41, 5.74) is 1.27. The fraction of sp³-hybridized carbons (Fsp3) is 0.700. The third-order valence-corrected chi connectivity index (χ3v) is 2.87. The molecule has 1 amide bonds. The Morgan fingerprint density at radius 2 is 2.07 bits per heavy atom. The molecule has 0 radical (unpaired) electrons. The molecule has 2 aliphatic rings. The Morgan fingerprint density at radius 1 is 1.33 bits per heavy atom. The minimum atomic E-state index is -0.827. The highest BCUT2D eigenvalue weighted by molar-refractivity contribution is 5.65. The average Bonchev–Trinajstić information content (AvgIpc) is 2.30. The Kier molecular flexibility index (Phi) is 3.11. The van der Waals surface area contributed by atoms with Gasteiger partial charge in [0, 0.05) is 38.3 Å². The Labute approximate surface area is 88.9 Å². The summed E-state index contributed by atoms with van der Waals surface area (Å²) in [6.45, 7) is 4.54. The van der Waals surface area contributed by atoms with E-state index in [9.17, 15) is 4.79 Å². The number of hydrogen-bond acceptors (Lipinski definition) is 3. The lowest BCUT2D eigenvalue weighted by molar-refractivity contribution is 0.0498. The third kappa shape index (κ3) is 2.41. The summed E-state index contributed by atoms with van der Waals surface area (Å²) < 4.78 is 5.28. The van der Waals surface area contributed by atoms with E-state index in [1.54, 1.807) is 0 Å². The van der Waals surface area contributed by atoms with Gasteiger partial charge in [0.05, 0.1) is 13.2 Å². The average molecular weight is 212 g/mol. The minimum Gasteiger partial charge on any atom is -0.465 e. The normalized spacial score (nSPS) is 22.5. The summed E-state index contributed by atoms with van der Waals surface area (Å²) >= 11 is 0. The van der Waals surface area contributed by atoms with Crippen LogP contribution in [0.4, 0.5) is 4.79 Å². The highest BCUT2D eigenvalue weighted by Gasteiger charge is 2.20. The van der Waals surface area contributed by atoms with Crippen LogP contribution < -0.4 is 0 Å². The van der Waals surface area contributed by atoms with E-state index >= 15 is 0 Å². The molecule has 0 bridgehead atoms. The monoisotopic (exact) mass is 212 g/mol. The number of nitrogens with zero attached hydrogens (tertiary/aromatic N) is 2. The fourth-order valence-corrected chi connectivity index (χ4v) is 1.97. The first-order valence-electron chi connectivity index (χ1n) is 5.27. The predicted molar refractivity (Wildman–Crippen MR) is 54.7 cm³/mol. The summed E-state index contributed by atoms with van der Waals surface area (Å²) in [6, 6.07) is 0. The van der Waals surface area contributed by atoms with Gasteiger partial charge in [0.2, 0.25) is 0 Å². The Hall–Kier alpha value is -1.23. The van der Waals surface area contributed by atoms with Crippen LogP contribution in [-0.2, 0) is 4.74 Å². The molecule has 1 N–H and O–H groups in total. The minimum absolute atomic E-state index is 0.516. The lowest BCUT2D eigenvalue weighted by Gasteiger charge is -2.34. The van der Waals surface area contributed by atoms with E-state index in [-0.39, 0.29) is 0 Å². The van der Waals surface area contributed by atoms with Gasteiger partial charge >= 0.3 is 6.09 Å². The molecule has 2 heterocycles. The molecule has 2 aliphatic heterocycles. The summed E-state index contributed by atoms with van der Waals surface area (Å²) in [5.74, 6) is 0. The smallest absolute Gasteiger partial charge is 0.407 e. The molecule has 1 saturated heterocycles. The van der Waals surface area contributed by atoms with Crippen LogP contribution in [0.15, 0.2) is 11.8 Å². The van der Waals surface area contributed by atoms with Crippen LogP contribution in [0.25, 0.3) is 0 Å². The molecule has 0 aromatic rings. The molecule has 0 atom stereocenters. The van der Waals surface area contributed by atoms with Crippen molar-refractivity contribution in [3.05, 3.63) is 11.8 Å². The first-order valence-corrected chi connectivity index (χ1v) is 5.27. The quantitative estimate of drug-likeness (QED) is 0.691. The van der Waals surface area contributed by atoms with Crippen LogP contribution in [0.5, 0.6) is 0 Å². The molecule has 1 fully saturated rings. The number of carbonyl (C=O) groups is 1. The zero-order chi connectivity index (χ0) is 10.7. The van der Waals surface area contributed by atoms with Gasteiger partial charge in [-0.1, -0.05) is 0 Å². The van der Waals surface area contributed by atoms with E-state index < -0.39 is 6.09 Å². The highest BCUT2D eigenvalue weighted by atomic mass is 16.5. The SMILES string of the molecule is O=C(O)N1CC=C(N2CCOCC2)CC1. The number of rotatable bonds is 1. The Morgan fingerprint density at radius 3 is 2.60 bits per heavy atom. The van der Waals surface area contributed by atoms with Crippen molar-refractivity contribution >= 4 is 6.09 Å². The van der Waals surface area contributed by atoms with Crippen molar-refractivity contribution in [3.63, 3.8) is 0 Å². The number of hydrogen-bond donors (Lipinski definition) is 1. The fourth-order valence-electron chi connectivity index (χ4n) is 1.97. The maximum absolute atomic E-state index is 10.7. The van der Waals surface area contributed by atoms with Gasteiger partial charge in [0.25, 0.3) is 0 Å². The van der Waals surface area contributed by atoms with Gasteiger partial charge in [-0.15, -0.1) is 0 Å². The molecule has 0 spiro atoms. The second-order valence-corrected chi connectivity index (χ2v) is 3.77. The number of amides is 1. The molecular formula is C10H16N2O3. The highest BCUT2D eigenvalue weighted by Crippen LogP contribution is 2.16. The predicted octanol–water partition coefficient (Wildman–Crippen LogP) is 0.586. The van der Waals surface area contributed by atoms with Crippen molar-refractivity contribution < 1.29 is 14.6 Å². The molecule has 0 unspecified atom stereocenters. The van der Waals surface area contributed by atoms with Crippen molar-refractivity contribution in [2.24, 2.45) is 0 Å². The summed E-state index contributed by atoms with van der Waals surface area (Å²) in [7, 11) is 0. The van der Waals surface area contributed by atoms with Crippen molar-refractivity contribution in [2.45, 2.75) is 6.42 Å². The number of ether oxygens (including phenoxy) is 1. The molecule has 0 aromatic heterocycles. The van der Waals surface area contributed by atoms with Gasteiger partial charge in [-0.25, -0.2) is 4.79 Å². The maximum atomic E-state index is 10.7. The standard InChI is InChI=1S/C10H16N2O3/c13-10(14)12-3-1-9(2-4-12)11-5-7-15-8-6-11/h1H,2-8H2,(H,13,14). The second-order valence-electron chi connectivity index (χ2n) is 3.77. The van der Waals surface area contributed by atoms with Crippen molar-refractivity contribution in [3.8, 4) is 0 Å². The molecule has 5 nitrogen and oxygen atoms in total. The van der Waals surface area contributed by atoms with Crippen LogP contribution in [0.1, 0.15) is 6.42 Å². The van der Waals surface area contributed by atoms with Crippen molar-refractivity contribution in [2.75, 3.05) is 39.4 Å². The van der Waals surface area contributed by atoms with Crippen LogP contribution in [-0.4, -0.2) is 60.4 Å². The second kappa shape index (κ2) is 4.53. The number of carboxylic acid groups (broad SMARTS) is 1. The third-order valence-electron chi connectivity index (χ3n) is 2.87. The van der Waals surface area contributed by atoms with E-state index in [4.69, 9.17) is 9.84 Å². The van der Waals surface area contributed by atoms with Gasteiger partial charge in [0.15, 0.2) is 0 Å². The number of morpholine rings is 1. The van der Waals surface area contributed by atoms with Crippen LogP contribution in [0.3, 0.4) is 0 Å². The molecule has 2 rings (SSSR count). The topological polar surface area (TPSA) is 53.0 Å². The Balaban J connectivity index is 1.91. The summed E-state index contributed by atoms with van der Waals surface area (Å²) in [6.07, 6.45) is 2.02. The summed E-state index contributed by atoms with van der Waals surface area (Å²) in [5, 5.41) is 8.80. The first kappa shape index (κ1) is 10.3. The van der Waals surface area contributed by atoms with E-state index in [1.807, 2.05) is 6.08 Å². The maximum Gasteiger partial charge on any atom is 0.407 e. The zero-order valence-corrected chi connectivity index (χ0v) is 8.69. The lowest BCUT2D eigenvalue weighted by Crippen LogP contribution is -2.40. The molecule has 0 saturated carbocycles. The van der Waals surface area contributed by atoms with Gasteiger partial charge in [-0.05, 0) is 6.08 Å². The van der Waals surface area contributed by atoms with Gasteiger partial charge in [-0.2, -0.15) is 0 Å². The van der Waals surface area contributed by atoms with Crippen molar-refractivity contribution in [1.29, 1.82) is 0 Å². The van der Waals surface area contributed by atoms with E-state index in [2.05, 4.69) is 4.90 Å². The lowest BCUT2D eigenvalue weighted by atomic mass is 10.1. The first-order chi connectivity index (χ1) is 7.27. The van der Waals surface area contributed by atoms with E-state index in [0.717, 1.165) is 32.7 Å². The molecule has 5 heteroatoms. The van der Waals surface area contributed by atoms with Crippen LogP contribution in [0.2, 0.25) is 0 Å². The van der Waals surface area contributed by atoms with E-state index in [0.29, 0.717) is 13.1 Å². The van der Waals surface area contributed by atoms with E-state index in [1.165, 1.54) is 10.6 Å². The van der Waals surface area contributed by atoms with Crippen LogP contribution >= 0.6 is 0 Å². The molecule has 0 aliphatic carbocycles. The van der Waals surface area contributed by atoms with Gasteiger partial charge in [-0.3, -0.25) is 0 Å².